The molecule has 1 fully saturated rings. The van der Waals surface area contributed by atoms with Gasteiger partial charge in [0.2, 0.25) is 11.8 Å². The van der Waals surface area contributed by atoms with Gasteiger partial charge in [-0.3, -0.25) is 4.79 Å². The predicted molar refractivity (Wildman–Crippen MR) is 71.0 cm³/mol. The SMILES string of the molecule is CCOc1nc(N2CCOCC2C(N)=O)ccc1N. The zero-order chi connectivity index (χ0) is 13.8. The molecule has 0 saturated carbocycles. The second kappa shape index (κ2) is 5.75. The molecule has 7 nitrogen and oxygen atoms in total. The molecule has 0 aromatic carbocycles. The van der Waals surface area contributed by atoms with Gasteiger partial charge in [0, 0.05) is 6.54 Å². The summed E-state index contributed by atoms with van der Waals surface area (Å²) in [7, 11) is 0. The van der Waals surface area contributed by atoms with E-state index in [0.29, 0.717) is 37.1 Å². The Morgan fingerprint density at radius 3 is 3.11 bits per heavy atom. The minimum atomic E-state index is -0.514. The van der Waals surface area contributed by atoms with E-state index >= 15 is 0 Å². The van der Waals surface area contributed by atoms with E-state index in [0.717, 1.165) is 0 Å². The van der Waals surface area contributed by atoms with Crippen LogP contribution in [0.5, 0.6) is 5.88 Å². The summed E-state index contributed by atoms with van der Waals surface area (Å²) in [6.07, 6.45) is 0. The Balaban J connectivity index is 2.28. The fourth-order valence-corrected chi connectivity index (χ4v) is 1.97. The molecule has 1 aromatic heterocycles. The predicted octanol–water partition coefficient (Wildman–Crippen LogP) is -0.247. The molecule has 0 radical (unpaired) electrons. The van der Waals surface area contributed by atoms with Gasteiger partial charge in [0.05, 0.1) is 25.5 Å². The van der Waals surface area contributed by atoms with Crippen LogP contribution in [0.4, 0.5) is 11.5 Å². The van der Waals surface area contributed by atoms with Gasteiger partial charge in [-0.25, -0.2) is 0 Å². The van der Waals surface area contributed by atoms with Crippen LogP contribution in [0.25, 0.3) is 0 Å². The molecule has 2 heterocycles. The van der Waals surface area contributed by atoms with Gasteiger partial charge in [-0.15, -0.1) is 0 Å². The molecule has 104 valence electrons. The van der Waals surface area contributed by atoms with Crippen LogP contribution in [-0.4, -0.2) is 43.3 Å². The third-order valence-corrected chi connectivity index (χ3v) is 2.91. The van der Waals surface area contributed by atoms with Crippen molar-refractivity contribution < 1.29 is 14.3 Å². The molecule has 1 amide bonds. The number of carbonyl (C=O) groups excluding carboxylic acids is 1. The lowest BCUT2D eigenvalue weighted by Gasteiger charge is -2.34. The van der Waals surface area contributed by atoms with Crippen molar-refractivity contribution in [1.82, 2.24) is 4.98 Å². The molecular weight excluding hydrogens is 248 g/mol. The Kier molecular flexibility index (Phi) is 4.06. The fourth-order valence-electron chi connectivity index (χ4n) is 1.97. The van der Waals surface area contributed by atoms with Crippen molar-refractivity contribution in [2.75, 3.05) is 37.0 Å². The van der Waals surface area contributed by atoms with Crippen molar-refractivity contribution in [3.63, 3.8) is 0 Å². The number of nitrogen functional groups attached to an aromatic ring is 1. The van der Waals surface area contributed by atoms with E-state index in [-0.39, 0.29) is 6.61 Å². The van der Waals surface area contributed by atoms with Crippen LogP contribution < -0.4 is 21.1 Å². The van der Waals surface area contributed by atoms with Crippen molar-refractivity contribution in [1.29, 1.82) is 0 Å². The maximum absolute atomic E-state index is 11.4. The van der Waals surface area contributed by atoms with Crippen LogP contribution in [0.3, 0.4) is 0 Å². The molecule has 1 saturated heterocycles. The minimum Gasteiger partial charge on any atom is -0.476 e. The van der Waals surface area contributed by atoms with Crippen molar-refractivity contribution >= 4 is 17.4 Å². The number of carbonyl (C=O) groups is 1. The molecule has 2 rings (SSSR count). The number of pyridine rings is 1. The number of hydrogen-bond donors (Lipinski definition) is 2. The Morgan fingerprint density at radius 2 is 2.42 bits per heavy atom. The largest absolute Gasteiger partial charge is 0.476 e. The molecular formula is C12H18N4O3. The lowest BCUT2D eigenvalue weighted by atomic mass is 10.2. The first kappa shape index (κ1) is 13.4. The Bertz CT molecular complexity index is 466. The number of amides is 1. The Hall–Kier alpha value is -2.02. The number of aromatic nitrogens is 1. The van der Waals surface area contributed by atoms with Gasteiger partial charge >= 0.3 is 0 Å². The van der Waals surface area contributed by atoms with Gasteiger partial charge in [0.1, 0.15) is 11.9 Å². The van der Waals surface area contributed by atoms with E-state index in [4.69, 9.17) is 20.9 Å². The molecule has 1 unspecified atom stereocenters. The van der Waals surface area contributed by atoms with Crippen molar-refractivity contribution in [3.05, 3.63) is 12.1 Å². The summed E-state index contributed by atoms with van der Waals surface area (Å²) < 4.78 is 10.6. The number of nitrogens with two attached hydrogens (primary N) is 2. The highest BCUT2D eigenvalue weighted by atomic mass is 16.5. The van der Waals surface area contributed by atoms with Crippen molar-refractivity contribution in [2.45, 2.75) is 13.0 Å². The number of anilines is 2. The van der Waals surface area contributed by atoms with E-state index in [9.17, 15) is 4.79 Å². The summed E-state index contributed by atoms with van der Waals surface area (Å²) in [5, 5.41) is 0. The summed E-state index contributed by atoms with van der Waals surface area (Å²) >= 11 is 0. The third kappa shape index (κ3) is 2.87. The maximum atomic E-state index is 11.4. The monoisotopic (exact) mass is 266 g/mol. The quantitative estimate of drug-likeness (QED) is 0.779. The van der Waals surface area contributed by atoms with Crippen LogP contribution in [0.2, 0.25) is 0 Å². The first-order valence-corrected chi connectivity index (χ1v) is 6.16. The van der Waals surface area contributed by atoms with Gasteiger partial charge in [-0.05, 0) is 19.1 Å². The highest BCUT2D eigenvalue weighted by molar-refractivity contribution is 5.83. The smallest absolute Gasteiger partial charge is 0.242 e. The average molecular weight is 266 g/mol. The summed E-state index contributed by atoms with van der Waals surface area (Å²) in [6.45, 7) is 3.68. The first-order valence-electron chi connectivity index (χ1n) is 6.16. The molecule has 0 spiro atoms. The Morgan fingerprint density at radius 1 is 1.63 bits per heavy atom. The molecule has 4 N–H and O–H groups in total. The second-order valence-electron chi connectivity index (χ2n) is 4.18. The van der Waals surface area contributed by atoms with Crippen LogP contribution in [0.15, 0.2) is 12.1 Å². The molecule has 1 aliphatic rings. The average Bonchev–Trinajstić information content (AvgIpc) is 2.41. The van der Waals surface area contributed by atoms with Gasteiger partial charge in [-0.1, -0.05) is 0 Å². The van der Waals surface area contributed by atoms with Gasteiger partial charge in [0.15, 0.2) is 0 Å². The summed E-state index contributed by atoms with van der Waals surface area (Å²) in [4.78, 5) is 17.6. The first-order chi connectivity index (χ1) is 9.13. The topological polar surface area (TPSA) is 104 Å². The zero-order valence-electron chi connectivity index (χ0n) is 10.8. The highest BCUT2D eigenvalue weighted by Gasteiger charge is 2.29. The van der Waals surface area contributed by atoms with E-state index in [1.54, 1.807) is 12.1 Å². The minimum absolute atomic E-state index is 0.269. The third-order valence-electron chi connectivity index (χ3n) is 2.91. The summed E-state index contributed by atoms with van der Waals surface area (Å²) in [5.74, 6) is 0.552. The number of nitrogens with zero attached hydrogens (tertiary/aromatic N) is 2. The standard InChI is InChI=1S/C12H18N4O3/c1-2-19-12-8(13)3-4-10(15-12)16-5-6-18-7-9(16)11(14)17/h3-4,9H,2,5-7,13H2,1H3,(H2,14,17). The molecule has 1 atom stereocenters. The number of hydrogen-bond acceptors (Lipinski definition) is 6. The van der Waals surface area contributed by atoms with Crippen LogP contribution in [-0.2, 0) is 9.53 Å². The maximum Gasteiger partial charge on any atom is 0.242 e. The lowest BCUT2D eigenvalue weighted by molar-refractivity contribution is -0.121. The van der Waals surface area contributed by atoms with Crippen LogP contribution >= 0.6 is 0 Å². The summed E-state index contributed by atoms with van der Waals surface area (Å²) in [5.41, 5.74) is 11.6. The van der Waals surface area contributed by atoms with E-state index in [1.165, 1.54) is 0 Å². The number of rotatable bonds is 4. The number of morpholine rings is 1. The van der Waals surface area contributed by atoms with Crippen LogP contribution in [0.1, 0.15) is 6.92 Å². The molecule has 0 aliphatic carbocycles. The molecule has 0 bridgehead atoms. The van der Waals surface area contributed by atoms with Gasteiger partial charge in [0.25, 0.3) is 0 Å². The highest BCUT2D eigenvalue weighted by Crippen LogP contribution is 2.25. The van der Waals surface area contributed by atoms with E-state index in [1.807, 2.05) is 11.8 Å². The van der Waals surface area contributed by atoms with Crippen molar-refractivity contribution in [2.24, 2.45) is 5.73 Å². The molecule has 1 aromatic rings. The zero-order valence-corrected chi connectivity index (χ0v) is 10.8. The normalized spacial score (nSPS) is 19.2. The second-order valence-corrected chi connectivity index (χ2v) is 4.18. The Labute approximate surface area is 111 Å². The van der Waals surface area contributed by atoms with Crippen molar-refractivity contribution in [3.8, 4) is 5.88 Å². The summed E-state index contributed by atoms with van der Waals surface area (Å²) in [6, 6.07) is 2.94. The van der Waals surface area contributed by atoms with Gasteiger partial charge in [-0.2, -0.15) is 4.98 Å². The fraction of sp³-hybridized carbons (Fsp3) is 0.500. The van der Waals surface area contributed by atoms with E-state index in [2.05, 4.69) is 4.98 Å². The lowest BCUT2D eigenvalue weighted by Crippen LogP contribution is -2.53. The number of ether oxygens (including phenoxy) is 2. The number of primary amides is 1. The molecule has 1 aliphatic heterocycles. The van der Waals surface area contributed by atoms with E-state index < -0.39 is 11.9 Å². The molecule has 19 heavy (non-hydrogen) atoms. The molecule has 7 heteroatoms. The van der Waals surface area contributed by atoms with Gasteiger partial charge < -0.3 is 25.8 Å². The van der Waals surface area contributed by atoms with Crippen LogP contribution in [0, 0.1) is 0 Å².